The number of aryl methyl sites for hydroxylation is 3. The molecule has 0 bridgehead atoms. The third-order valence-corrected chi connectivity index (χ3v) is 3.44. The van der Waals surface area contributed by atoms with Crippen molar-refractivity contribution in [3.8, 4) is 0 Å². The van der Waals surface area contributed by atoms with E-state index < -0.39 is 0 Å². The van der Waals surface area contributed by atoms with Crippen molar-refractivity contribution in [2.24, 2.45) is 7.05 Å². The molecular formula is C15H23N5. The summed E-state index contributed by atoms with van der Waals surface area (Å²) in [6.45, 7) is 4.93. The van der Waals surface area contributed by atoms with E-state index in [1.807, 2.05) is 24.0 Å². The van der Waals surface area contributed by atoms with Crippen molar-refractivity contribution in [2.45, 2.75) is 39.7 Å². The molecule has 0 aliphatic rings. The number of hydrogen-bond donors (Lipinski definition) is 2. The molecule has 0 saturated heterocycles. The molecule has 2 aromatic heterocycles. The highest BCUT2D eigenvalue weighted by Crippen LogP contribution is 2.23. The Hall–Kier alpha value is -2.04. The van der Waals surface area contributed by atoms with Crippen LogP contribution in [0.2, 0.25) is 0 Å². The first-order chi connectivity index (χ1) is 9.67. The van der Waals surface area contributed by atoms with Crippen LogP contribution in [-0.4, -0.2) is 14.8 Å². The standard InChI is InChI=1S/C15H23N5/c1-4-7-12-14(16)15(20(3)19-12)18-10-13-11(5-2)8-6-9-17-13/h6,8-9,18H,4-5,7,10,16H2,1-3H3. The van der Waals surface area contributed by atoms with Crippen LogP contribution in [0.3, 0.4) is 0 Å². The first-order valence-electron chi connectivity index (χ1n) is 7.15. The Labute approximate surface area is 120 Å². The second-order valence-corrected chi connectivity index (χ2v) is 4.90. The number of nitrogens with one attached hydrogen (secondary N) is 1. The third kappa shape index (κ3) is 2.92. The molecular weight excluding hydrogens is 250 g/mol. The number of pyridine rings is 1. The molecule has 0 spiro atoms. The van der Waals surface area contributed by atoms with E-state index in [4.69, 9.17) is 5.73 Å². The zero-order valence-corrected chi connectivity index (χ0v) is 12.5. The molecule has 5 nitrogen and oxygen atoms in total. The summed E-state index contributed by atoms with van der Waals surface area (Å²) >= 11 is 0. The monoisotopic (exact) mass is 273 g/mol. The molecule has 0 fully saturated rings. The number of nitrogens with zero attached hydrogens (tertiary/aromatic N) is 3. The molecule has 0 aromatic carbocycles. The minimum absolute atomic E-state index is 0.666. The Bertz CT molecular complexity index is 574. The van der Waals surface area contributed by atoms with Crippen LogP contribution in [0.4, 0.5) is 11.5 Å². The maximum atomic E-state index is 6.16. The first kappa shape index (κ1) is 14.4. The quantitative estimate of drug-likeness (QED) is 0.848. The lowest BCUT2D eigenvalue weighted by molar-refractivity contribution is 0.734. The third-order valence-electron chi connectivity index (χ3n) is 3.44. The molecule has 20 heavy (non-hydrogen) atoms. The average molecular weight is 273 g/mol. The van der Waals surface area contributed by atoms with Gasteiger partial charge in [-0.3, -0.25) is 9.67 Å². The number of aromatic nitrogens is 3. The average Bonchev–Trinajstić information content (AvgIpc) is 2.72. The second kappa shape index (κ2) is 6.41. The van der Waals surface area contributed by atoms with Gasteiger partial charge in [-0.05, 0) is 24.5 Å². The van der Waals surface area contributed by atoms with Crippen LogP contribution in [-0.2, 0) is 26.4 Å². The number of rotatable bonds is 6. The van der Waals surface area contributed by atoms with Gasteiger partial charge in [-0.15, -0.1) is 0 Å². The summed E-state index contributed by atoms with van der Waals surface area (Å²) in [6, 6.07) is 4.08. The van der Waals surface area contributed by atoms with Crippen molar-refractivity contribution in [3.63, 3.8) is 0 Å². The lowest BCUT2D eigenvalue weighted by Gasteiger charge is -2.10. The fourth-order valence-electron chi connectivity index (χ4n) is 2.35. The van der Waals surface area contributed by atoms with Gasteiger partial charge < -0.3 is 11.1 Å². The van der Waals surface area contributed by atoms with Crippen LogP contribution in [0.1, 0.15) is 37.2 Å². The van der Waals surface area contributed by atoms with E-state index in [-0.39, 0.29) is 0 Å². The predicted molar refractivity (Wildman–Crippen MR) is 82.6 cm³/mol. The fourth-order valence-corrected chi connectivity index (χ4v) is 2.35. The largest absolute Gasteiger partial charge is 0.394 e. The summed E-state index contributed by atoms with van der Waals surface area (Å²) in [4.78, 5) is 4.43. The normalized spacial score (nSPS) is 10.8. The van der Waals surface area contributed by atoms with E-state index in [0.717, 1.165) is 42.2 Å². The fraction of sp³-hybridized carbons (Fsp3) is 0.467. The molecule has 0 aliphatic carbocycles. The molecule has 0 radical (unpaired) electrons. The molecule has 0 atom stereocenters. The molecule has 0 aliphatic heterocycles. The van der Waals surface area contributed by atoms with Crippen LogP contribution in [0.25, 0.3) is 0 Å². The molecule has 0 unspecified atom stereocenters. The van der Waals surface area contributed by atoms with Gasteiger partial charge in [0.25, 0.3) is 0 Å². The van der Waals surface area contributed by atoms with E-state index in [9.17, 15) is 0 Å². The van der Waals surface area contributed by atoms with E-state index in [1.54, 1.807) is 0 Å². The van der Waals surface area contributed by atoms with Gasteiger partial charge in [-0.1, -0.05) is 26.3 Å². The molecule has 5 heteroatoms. The number of anilines is 2. The number of hydrogen-bond acceptors (Lipinski definition) is 4. The molecule has 3 N–H and O–H groups in total. The Morgan fingerprint density at radius 2 is 2.10 bits per heavy atom. The van der Waals surface area contributed by atoms with Crippen molar-refractivity contribution in [1.29, 1.82) is 0 Å². The van der Waals surface area contributed by atoms with Gasteiger partial charge in [0, 0.05) is 13.2 Å². The number of nitrogens with two attached hydrogens (primary N) is 1. The summed E-state index contributed by atoms with van der Waals surface area (Å²) in [6.07, 6.45) is 4.75. The maximum Gasteiger partial charge on any atom is 0.148 e. The van der Waals surface area contributed by atoms with Crippen LogP contribution in [0.5, 0.6) is 0 Å². The van der Waals surface area contributed by atoms with Gasteiger partial charge in [0.15, 0.2) is 0 Å². The Kier molecular flexibility index (Phi) is 4.61. The molecule has 2 rings (SSSR count). The summed E-state index contributed by atoms with van der Waals surface area (Å²) in [5.74, 6) is 0.876. The minimum atomic E-state index is 0.666. The van der Waals surface area contributed by atoms with Gasteiger partial charge in [0.05, 0.1) is 23.6 Å². The van der Waals surface area contributed by atoms with Crippen molar-refractivity contribution < 1.29 is 0 Å². The van der Waals surface area contributed by atoms with Gasteiger partial charge >= 0.3 is 0 Å². The van der Waals surface area contributed by atoms with Crippen LogP contribution >= 0.6 is 0 Å². The highest BCUT2D eigenvalue weighted by atomic mass is 15.3. The molecule has 0 amide bonds. The minimum Gasteiger partial charge on any atom is -0.394 e. The van der Waals surface area contributed by atoms with Crippen molar-refractivity contribution in [2.75, 3.05) is 11.1 Å². The Morgan fingerprint density at radius 3 is 2.80 bits per heavy atom. The van der Waals surface area contributed by atoms with Gasteiger partial charge in [-0.2, -0.15) is 5.10 Å². The highest BCUT2D eigenvalue weighted by Gasteiger charge is 2.12. The summed E-state index contributed by atoms with van der Waals surface area (Å²) in [5, 5.41) is 7.83. The van der Waals surface area contributed by atoms with E-state index in [0.29, 0.717) is 6.54 Å². The topological polar surface area (TPSA) is 68.8 Å². The molecule has 108 valence electrons. The Morgan fingerprint density at radius 1 is 1.30 bits per heavy atom. The van der Waals surface area contributed by atoms with Crippen LogP contribution in [0.15, 0.2) is 18.3 Å². The summed E-state index contributed by atoms with van der Waals surface area (Å²) < 4.78 is 1.81. The van der Waals surface area contributed by atoms with E-state index >= 15 is 0 Å². The van der Waals surface area contributed by atoms with E-state index in [2.05, 4.69) is 35.3 Å². The summed E-state index contributed by atoms with van der Waals surface area (Å²) in [5.41, 5.74) is 10.2. The van der Waals surface area contributed by atoms with Gasteiger partial charge in [0.1, 0.15) is 5.82 Å². The lowest BCUT2D eigenvalue weighted by Crippen LogP contribution is -2.09. The second-order valence-electron chi connectivity index (χ2n) is 4.90. The van der Waals surface area contributed by atoms with Crippen LogP contribution < -0.4 is 11.1 Å². The van der Waals surface area contributed by atoms with Crippen LogP contribution in [0, 0.1) is 0 Å². The highest BCUT2D eigenvalue weighted by molar-refractivity contribution is 5.65. The zero-order chi connectivity index (χ0) is 14.5. The summed E-state index contributed by atoms with van der Waals surface area (Å²) in [7, 11) is 1.91. The maximum absolute atomic E-state index is 6.16. The Balaban J connectivity index is 2.15. The van der Waals surface area contributed by atoms with Crippen molar-refractivity contribution in [1.82, 2.24) is 14.8 Å². The zero-order valence-electron chi connectivity index (χ0n) is 12.5. The van der Waals surface area contributed by atoms with Crippen molar-refractivity contribution in [3.05, 3.63) is 35.3 Å². The predicted octanol–water partition coefficient (Wildman–Crippen LogP) is 2.52. The SMILES string of the molecule is CCCc1nn(C)c(NCc2ncccc2CC)c1N. The molecule has 2 heterocycles. The first-order valence-corrected chi connectivity index (χ1v) is 7.15. The van der Waals surface area contributed by atoms with Crippen molar-refractivity contribution >= 4 is 11.5 Å². The lowest BCUT2D eigenvalue weighted by atomic mass is 10.1. The molecule has 2 aromatic rings. The molecule has 0 saturated carbocycles. The van der Waals surface area contributed by atoms with E-state index in [1.165, 1.54) is 5.56 Å². The van der Waals surface area contributed by atoms with Gasteiger partial charge in [-0.25, -0.2) is 0 Å². The number of nitrogen functional groups attached to an aromatic ring is 1. The smallest absolute Gasteiger partial charge is 0.148 e. The van der Waals surface area contributed by atoms with Gasteiger partial charge in [0.2, 0.25) is 0 Å².